The molecule has 0 heterocycles. The van der Waals surface area contributed by atoms with Gasteiger partial charge in [0.15, 0.2) is 0 Å². The summed E-state index contributed by atoms with van der Waals surface area (Å²) in [6.07, 6.45) is 12.7. The highest BCUT2D eigenvalue weighted by Crippen LogP contribution is 2.59. The van der Waals surface area contributed by atoms with Crippen molar-refractivity contribution in [3.63, 3.8) is 0 Å². The first-order valence-corrected chi connectivity index (χ1v) is 37.1. The van der Waals surface area contributed by atoms with E-state index in [1.807, 2.05) is 24.3 Å². The van der Waals surface area contributed by atoms with E-state index in [2.05, 4.69) is 293 Å². The van der Waals surface area contributed by atoms with Crippen LogP contribution in [0.2, 0.25) is 0 Å². The Morgan fingerprint density at radius 2 is 0.451 bits per heavy atom. The van der Waals surface area contributed by atoms with Gasteiger partial charge >= 0.3 is 0 Å². The number of aryl methyl sites for hydroxylation is 8. The van der Waals surface area contributed by atoms with E-state index in [0.717, 1.165) is 222 Å². The first-order valence-electron chi connectivity index (χ1n) is 37.1. The minimum Gasteiger partial charge on any atom is -0.310 e. The van der Waals surface area contributed by atoms with E-state index < -0.39 is 0 Å². The Kier molecular flexibility index (Phi) is 20.5. The van der Waals surface area contributed by atoms with Crippen LogP contribution in [0.3, 0.4) is 0 Å². The van der Waals surface area contributed by atoms with Gasteiger partial charge in [0, 0.05) is 77.8 Å². The standard InChI is InChI=1S/C96H92F2N4/c1-9-13-17-69-29-53-81(54-30-69)99(77-45-21-65(5)22-46-77)89-63-91(101(79-49-25-67(7)26-50-79)83-57-33-71(34-58-83)19-15-11-3)93-86(74-39-43-76(98)44-40-74)62-88-90(100(78-47-23-66(6)24-48-78)82-55-31-70(32-56-82)18-14-10-2)64-92(94-85(61-87(89)95(93)96(88)94)73-37-41-75(97)42-38-73)102(80-51-27-68(8)28-52-80)84-59-35-72(36-60-84)20-16-12-4/h21-64H,9-20H2,1-8H3. The van der Waals surface area contributed by atoms with Gasteiger partial charge in [0.2, 0.25) is 0 Å². The summed E-state index contributed by atoms with van der Waals surface area (Å²) in [5, 5.41) is 5.99. The Bertz CT molecular complexity index is 4820. The van der Waals surface area contributed by atoms with Gasteiger partial charge in [0.25, 0.3) is 0 Å². The monoisotopic (exact) mass is 1340 g/mol. The van der Waals surface area contributed by atoms with E-state index in [-0.39, 0.29) is 11.6 Å². The maximum Gasteiger partial charge on any atom is 0.123 e. The second-order valence-corrected chi connectivity index (χ2v) is 28.1. The molecule has 6 heteroatoms. The summed E-state index contributed by atoms with van der Waals surface area (Å²) < 4.78 is 32.0. The van der Waals surface area contributed by atoms with E-state index in [9.17, 15) is 0 Å². The third-order valence-electron chi connectivity index (χ3n) is 20.5. The van der Waals surface area contributed by atoms with Crippen LogP contribution >= 0.6 is 0 Å². The molecule has 0 fully saturated rings. The van der Waals surface area contributed by atoms with Crippen molar-refractivity contribution in [2.45, 2.75) is 132 Å². The molecule has 0 saturated heterocycles. The average Bonchev–Trinajstić information content (AvgIpc) is 0.685. The number of nitrogens with zero attached hydrogens (tertiary/aromatic N) is 4. The number of unbranched alkanes of at least 4 members (excludes halogenated alkanes) is 4. The maximum absolute atomic E-state index is 16.0. The zero-order valence-corrected chi connectivity index (χ0v) is 60.4. The van der Waals surface area contributed by atoms with Crippen LogP contribution in [0.5, 0.6) is 0 Å². The summed E-state index contributed by atoms with van der Waals surface area (Å²) >= 11 is 0. The van der Waals surface area contributed by atoms with E-state index in [1.165, 1.54) is 22.3 Å². The lowest BCUT2D eigenvalue weighted by molar-refractivity contribution is 0.627. The molecule has 0 aliphatic rings. The Morgan fingerprint density at radius 1 is 0.235 bits per heavy atom. The van der Waals surface area contributed by atoms with Crippen molar-refractivity contribution in [1.82, 2.24) is 0 Å². The average molecular weight is 1340 g/mol. The van der Waals surface area contributed by atoms with Crippen molar-refractivity contribution in [3.05, 3.63) is 323 Å². The highest BCUT2D eigenvalue weighted by Gasteiger charge is 2.33. The molecule has 0 atom stereocenters. The van der Waals surface area contributed by atoms with Crippen molar-refractivity contribution in [3.8, 4) is 22.3 Å². The molecule has 0 spiro atoms. The van der Waals surface area contributed by atoms with Gasteiger partial charge in [-0.2, -0.15) is 0 Å². The third kappa shape index (κ3) is 14.2. The van der Waals surface area contributed by atoms with Gasteiger partial charge in [-0.3, -0.25) is 0 Å². The van der Waals surface area contributed by atoms with Crippen LogP contribution in [0.15, 0.2) is 267 Å². The third-order valence-corrected chi connectivity index (χ3v) is 20.5. The molecule has 0 aliphatic heterocycles. The first kappa shape index (κ1) is 68.3. The topological polar surface area (TPSA) is 13.0 Å². The Labute approximate surface area is 603 Å². The van der Waals surface area contributed by atoms with Crippen molar-refractivity contribution >= 4 is 101 Å². The van der Waals surface area contributed by atoms with Crippen LogP contribution in [-0.4, -0.2) is 0 Å². The second-order valence-electron chi connectivity index (χ2n) is 28.1. The lowest BCUT2D eigenvalue weighted by atomic mass is 9.82. The number of hydrogen-bond donors (Lipinski definition) is 0. The fourth-order valence-electron chi connectivity index (χ4n) is 14.8. The van der Waals surface area contributed by atoms with Gasteiger partial charge in [-0.05, 0) is 269 Å². The highest BCUT2D eigenvalue weighted by atomic mass is 19.1. The van der Waals surface area contributed by atoms with Crippen LogP contribution in [0.25, 0.3) is 54.6 Å². The smallest absolute Gasteiger partial charge is 0.123 e. The van der Waals surface area contributed by atoms with Crippen molar-refractivity contribution in [2.24, 2.45) is 0 Å². The summed E-state index contributed by atoms with van der Waals surface area (Å²) in [5.41, 5.74) is 25.2. The Balaban J connectivity index is 1.26. The van der Waals surface area contributed by atoms with Crippen LogP contribution in [0.4, 0.5) is 77.0 Å². The van der Waals surface area contributed by atoms with Gasteiger partial charge in [0.05, 0.1) is 22.7 Å². The van der Waals surface area contributed by atoms with Crippen LogP contribution < -0.4 is 19.6 Å². The minimum atomic E-state index is -0.311. The summed E-state index contributed by atoms with van der Waals surface area (Å²) in [5.74, 6) is -0.622. The van der Waals surface area contributed by atoms with Gasteiger partial charge in [-0.25, -0.2) is 8.78 Å². The van der Waals surface area contributed by atoms with E-state index in [0.29, 0.717) is 0 Å². The van der Waals surface area contributed by atoms with Gasteiger partial charge in [0.1, 0.15) is 11.6 Å². The predicted octanol–water partition coefficient (Wildman–Crippen LogP) is 28.7. The molecule has 0 amide bonds. The molecule has 0 aliphatic carbocycles. The molecule has 14 aromatic carbocycles. The molecule has 14 aromatic rings. The summed E-state index contributed by atoms with van der Waals surface area (Å²) in [6.45, 7) is 17.6. The lowest BCUT2D eigenvalue weighted by Crippen LogP contribution is -2.17. The molecule has 102 heavy (non-hydrogen) atoms. The molecule has 0 radical (unpaired) electrons. The normalized spacial score (nSPS) is 11.5. The molecule has 0 unspecified atom stereocenters. The maximum atomic E-state index is 16.0. The molecule has 4 nitrogen and oxygen atoms in total. The number of halogens is 2. The van der Waals surface area contributed by atoms with Crippen LogP contribution in [-0.2, 0) is 25.7 Å². The van der Waals surface area contributed by atoms with Crippen LogP contribution in [0, 0.1) is 39.3 Å². The molecule has 0 N–H and O–H groups in total. The molecular weight excluding hydrogens is 1250 g/mol. The fraction of sp³-hybridized carbons (Fsp3) is 0.208. The Hall–Kier alpha value is -10.8. The minimum absolute atomic E-state index is 0.311. The summed E-state index contributed by atoms with van der Waals surface area (Å²) in [4.78, 5) is 9.86. The number of benzene rings is 14. The number of anilines is 12. The SMILES string of the molecule is CCCCc1ccc(N(c2ccc(C)cc2)c2cc(N(c3ccc(C)cc3)c3ccc(CCCC)cc3)c3c(-c4ccc(F)cc4)cc4c(N(c5ccc(C)cc5)c5ccc(CCCC)cc5)cc(N(c5ccc(C)cc5)c5ccc(CCCC)cc5)c5c(-c6ccc(F)cc6)cc2c3c45)cc1. The second kappa shape index (κ2) is 30.6. The van der Waals surface area contributed by atoms with Crippen molar-refractivity contribution < 1.29 is 8.78 Å². The number of rotatable bonds is 26. The molecule has 0 saturated carbocycles. The summed E-state index contributed by atoms with van der Waals surface area (Å²) in [7, 11) is 0. The highest BCUT2D eigenvalue weighted by molar-refractivity contribution is 6.38. The van der Waals surface area contributed by atoms with Gasteiger partial charge < -0.3 is 19.6 Å². The molecule has 0 bridgehead atoms. The van der Waals surface area contributed by atoms with Crippen LogP contribution in [0.1, 0.15) is 124 Å². The molecular formula is C96H92F2N4. The fourth-order valence-corrected chi connectivity index (χ4v) is 14.8. The summed E-state index contributed by atoms with van der Waals surface area (Å²) in [6, 6.07) is 96.6. The Morgan fingerprint density at radius 3 is 0.676 bits per heavy atom. The predicted molar refractivity (Wildman–Crippen MR) is 433 cm³/mol. The van der Waals surface area contributed by atoms with Gasteiger partial charge in [-0.15, -0.1) is 0 Å². The zero-order chi connectivity index (χ0) is 70.4. The largest absolute Gasteiger partial charge is 0.310 e. The first-order chi connectivity index (χ1) is 49.9. The lowest BCUT2D eigenvalue weighted by Gasteiger charge is -2.36. The van der Waals surface area contributed by atoms with E-state index in [4.69, 9.17) is 0 Å². The molecule has 0 aromatic heterocycles. The van der Waals surface area contributed by atoms with E-state index in [1.54, 1.807) is 24.3 Å². The zero-order valence-electron chi connectivity index (χ0n) is 60.4. The number of hydrogen-bond acceptors (Lipinski definition) is 4. The molecule has 14 rings (SSSR count). The molecule has 510 valence electrons. The van der Waals surface area contributed by atoms with Crippen molar-refractivity contribution in [1.29, 1.82) is 0 Å². The van der Waals surface area contributed by atoms with Crippen molar-refractivity contribution in [2.75, 3.05) is 19.6 Å². The van der Waals surface area contributed by atoms with E-state index >= 15 is 8.78 Å². The quantitative estimate of drug-likeness (QED) is 0.0501. The van der Waals surface area contributed by atoms with Gasteiger partial charge in [-0.1, -0.05) is 197 Å².